The average Bonchev–Trinajstić information content (AvgIpc) is 2.75. The number of hydrogen-bond acceptors (Lipinski definition) is 4. The van der Waals surface area contributed by atoms with Gasteiger partial charge < -0.3 is 21.3 Å². The summed E-state index contributed by atoms with van der Waals surface area (Å²) in [6, 6.07) is 4.40. The molecule has 5 heteroatoms. The van der Waals surface area contributed by atoms with Crippen molar-refractivity contribution >= 4 is 11.6 Å². The first kappa shape index (κ1) is 12.7. The van der Waals surface area contributed by atoms with Gasteiger partial charge in [-0.25, -0.2) is 0 Å². The van der Waals surface area contributed by atoms with E-state index in [1.54, 1.807) is 6.07 Å². The SMILES string of the molecule is Nc1ccc(C(=O)NCC2CCCC2O)cc1O. The Kier molecular flexibility index (Phi) is 3.72. The molecular weight excluding hydrogens is 232 g/mol. The van der Waals surface area contributed by atoms with Gasteiger partial charge in [0.05, 0.1) is 11.8 Å². The van der Waals surface area contributed by atoms with Crippen molar-refractivity contribution in [2.45, 2.75) is 25.4 Å². The van der Waals surface area contributed by atoms with Gasteiger partial charge in [-0.3, -0.25) is 4.79 Å². The average molecular weight is 250 g/mol. The largest absolute Gasteiger partial charge is 0.506 e. The fourth-order valence-electron chi connectivity index (χ4n) is 2.27. The Labute approximate surface area is 106 Å². The Morgan fingerprint density at radius 2 is 2.22 bits per heavy atom. The van der Waals surface area contributed by atoms with Crippen LogP contribution in [-0.2, 0) is 0 Å². The summed E-state index contributed by atoms with van der Waals surface area (Å²) in [6.45, 7) is 0.463. The second-order valence-corrected chi connectivity index (χ2v) is 4.74. The Hall–Kier alpha value is -1.75. The summed E-state index contributed by atoms with van der Waals surface area (Å²) >= 11 is 0. The summed E-state index contributed by atoms with van der Waals surface area (Å²) < 4.78 is 0. The van der Waals surface area contributed by atoms with E-state index >= 15 is 0 Å². The van der Waals surface area contributed by atoms with E-state index in [1.165, 1.54) is 12.1 Å². The molecule has 5 N–H and O–H groups in total. The highest BCUT2D eigenvalue weighted by Crippen LogP contribution is 2.25. The number of phenolic OH excluding ortho intramolecular Hbond substituents is 1. The highest BCUT2D eigenvalue weighted by Gasteiger charge is 2.25. The van der Waals surface area contributed by atoms with Crippen LogP contribution in [0.1, 0.15) is 29.6 Å². The molecule has 0 saturated heterocycles. The number of benzene rings is 1. The number of aliphatic hydroxyl groups is 1. The van der Waals surface area contributed by atoms with E-state index in [9.17, 15) is 15.0 Å². The fraction of sp³-hybridized carbons (Fsp3) is 0.462. The van der Waals surface area contributed by atoms with Crippen molar-refractivity contribution in [1.29, 1.82) is 0 Å². The molecule has 2 atom stereocenters. The van der Waals surface area contributed by atoms with Crippen molar-refractivity contribution in [3.05, 3.63) is 23.8 Å². The highest BCUT2D eigenvalue weighted by molar-refractivity contribution is 5.95. The molecule has 2 unspecified atom stereocenters. The van der Waals surface area contributed by atoms with Gasteiger partial charge in [-0.05, 0) is 31.0 Å². The summed E-state index contributed by atoms with van der Waals surface area (Å²) in [6.07, 6.45) is 2.44. The molecule has 0 aromatic heterocycles. The monoisotopic (exact) mass is 250 g/mol. The van der Waals surface area contributed by atoms with Gasteiger partial charge in [0.15, 0.2) is 0 Å². The molecule has 0 aliphatic heterocycles. The lowest BCUT2D eigenvalue weighted by atomic mass is 10.1. The number of nitrogens with one attached hydrogen (secondary N) is 1. The third-order valence-electron chi connectivity index (χ3n) is 3.44. The van der Waals surface area contributed by atoms with Gasteiger partial charge in [-0.2, -0.15) is 0 Å². The van der Waals surface area contributed by atoms with Crippen LogP contribution in [0.15, 0.2) is 18.2 Å². The number of carbonyl (C=O) groups is 1. The standard InChI is InChI=1S/C13H18N2O3/c14-10-5-4-8(6-12(10)17)13(18)15-7-9-2-1-3-11(9)16/h4-6,9,11,16-17H,1-3,7,14H2,(H,15,18). The molecule has 0 radical (unpaired) electrons. The molecule has 1 amide bonds. The minimum atomic E-state index is -0.315. The van der Waals surface area contributed by atoms with Crippen LogP contribution in [0.3, 0.4) is 0 Å². The first-order valence-corrected chi connectivity index (χ1v) is 6.12. The van der Waals surface area contributed by atoms with Crippen LogP contribution in [0.5, 0.6) is 5.75 Å². The molecule has 98 valence electrons. The Bertz CT molecular complexity index is 448. The maximum Gasteiger partial charge on any atom is 0.251 e. The van der Waals surface area contributed by atoms with Gasteiger partial charge in [0.25, 0.3) is 5.91 Å². The van der Waals surface area contributed by atoms with Crippen LogP contribution in [0, 0.1) is 5.92 Å². The molecule has 1 saturated carbocycles. The van der Waals surface area contributed by atoms with Gasteiger partial charge >= 0.3 is 0 Å². The molecule has 1 aliphatic carbocycles. The molecule has 1 aliphatic rings. The molecule has 1 aromatic rings. The lowest BCUT2D eigenvalue weighted by molar-refractivity contribution is 0.0916. The third kappa shape index (κ3) is 2.73. The van der Waals surface area contributed by atoms with Crippen molar-refractivity contribution in [1.82, 2.24) is 5.32 Å². The van der Waals surface area contributed by atoms with Crippen LogP contribution < -0.4 is 11.1 Å². The molecule has 18 heavy (non-hydrogen) atoms. The van der Waals surface area contributed by atoms with E-state index in [1.807, 2.05) is 0 Å². The van der Waals surface area contributed by atoms with Crippen LogP contribution >= 0.6 is 0 Å². The predicted octanol–water partition coefficient (Wildman–Crippen LogP) is 0.865. The van der Waals surface area contributed by atoms with Crippen molar-refractivity contribution in [2.75, 3.05) is 12.3 Å². The van der Waals surface area contributed by atoms with Gasteiger partial charge in [-0.1, -0.05) is 6.42 Å². The molecule has 0 bridgehead atoms. The van der Waals surface area contributed by atoms with Gasteiger partial charge in [-0.15, -0.1) is 0 Å². The normalized spacial score (nSPS) is 22.9. The number of phenols is 1. The van der Waals surface area contributed by atoms with E-state index in [-0.39, 0.29) is 29.4 Å². The summed E-state index contributed by atoms with van der Waals surface area (Å²) in [5, 5.41) is 21.8. The minimum absolute atomic E-state index is 0.0939. The molecule has 5 nitrogen and oxygen atoms in total. The highest BCUT2D eigenvalue weighted by atomic mass is 16.3. The predicted molar refractivity (Wildman–Crippen MR) is 68.2 cm³/mol. The zero-order valence-corrected chi connectivity index (χ0v) is 10.1. The van der Waals surface area contributed by atoms with Gasteiger partial charge in [0.1, 0.15) is 5.75 Å². The Morgan fingerprint density at radius 1 is 1.44 bits per heavy atom. The number of aliphatic hydroxyl groups excluding tert-OH is 1. The van der Waals surface area contributed by atoms with Crippen molar-refractivity contribution in [3.63, 3.8) is 0 Å². The second-order valence-electron chi connectivity index (χ2n) is 4.74. The number of amides is 1. The Balaban J connectivity index is 1.93. The molecule has 1 fully saturated rings. The number of anilines is 1. The Morgan fingerprint density at radius 3 is 2.83 bits per heavy atom. The minimum Gasteiger partial charge on any atom is -0.506 e. The summed E-state index contributed by atoms with van der Waals surface area (Å²) in [5.41, 5.74) is 6.08. The molecule has 0 heterocycles. The van der Waals surface area contributed by atoms with E-state index in [0.29, 0.717) is 12.1 Å². The number of hydrogen-bond donors (Lipinski definition) is 4. The lowest BCUT2D eigenvalue weighted by Crippen LogP contribution is -2.32. The summed E-state index contributed by atoms with van der Waals surface area (Å²) in [4.78, 5) is 11.8. The van der Waals surface area contributed by atoms with Crippen LogP contribution in [0.25, 0.3) is 0 Å². The van der Waals surface area contributed by atoms with Crippen LogP contribution in [0.2, 0.25) is 0 Å². The maximum absolute atomic E-state index is 11.8. The number of carbonyl (C=O) groups excluding carboxylic acids is 1. The van der Waals surface area contributed by atoms with Gasteiger partial charge in [0.2, 0.25) is 0 Å². The number of nitrogen functional groups attached to an aromatic ring is 1. The molecule has 0 spiro atoms. The van der Waals surface area contributed by atoms with Crippen molar-refractivity contribution in [2.24, 2.45) is 5.92 Å². The van der Waals surface area contributed by atoms with E-state index in [0.717, 1.165) is 19.3 Å². The van der Waals surface area contributed by atoms with Crippen molar-refractivity contribution in [3.8, 4) is 5.75 Å². The van der Waals surface area contributed by atoms with E-state index in [2.05, 4.69) is 5.32 Å². The first-order valence-electron chi connectivity index (χ1n) is 6.12. The summed E-state index contributed by atoms with van der Waals surface area (Å²) in [5.74, 6) is -0.218. The van der Waals surface area contributed by atoms with Gasteiger partial charge in [0, 0.05) is 18.0 Å². The lowest BCUT2D eigenvalue weighted by Gasteiger charge is -2.15. The second kappa shape index (κ2) is 5.27. The van der Waals surface area contributed by atoms with Crippen LogP contribution in [0.4, 0.5) is 5.69 Å². The quantitative estimate of drug-likeness (QED) is 0.472. The number of nitrogens with two attached hydrogens (primary N) is 1. The zero-order valence-electron chi connectivity index (χ0n) is 10.1. The first-order chi connectivity index (χ1) is 8.58. The third-order valence-corrected chi connectivity index (χ3v) is 3.44. The smallest absolute Gasteiger partial charge is 0.251 e. The fourth-order valence-corrected chi connectivity index (χ4v) is 2.27. The number of rotatable bonds is 3. The summed E-state index contributed by atoms with van der Waals surface area (Å²) in [7, 11) is 0. The zero-order chi connectivity index (χ0) is 13.1. The van der Waals surface area contributed by atoms with E-state index in [4.69, 9.17) is 5.73 Å². The number of aromatic hydroxyl groups is 1. The molecule has 2 rings (SSSR count). The van der Waals surface area contributed by atoms with Crippen LogP contribution in [-0.4, -0.2) is 28.8 Å². The van der Waals surface area contributed by atoms with E-state index < -0.39 is 0 Å². The molecule has 1 aromatic carbocycles. The topological polar surface area (TPSA) is 95.6 Å². The van der Waals surface area contributed by atoms with Crippen molar-refractivity contribution < 1.29 is 15.0 Å². The molecular formula is C13H18N2O3. The maximum atomic E-state index is 11.8.